The van der Waals surface area contributed by atoms with Crippen molar-refractivity contribution in [1.82, 2.24) is 4.90 Å². The van der Waals surface area contributed by atoms with E-state index in [1.54, 1.807) is 29.2 Å². The SMILES string of the molecule is CC(=O)N1C/C(=C\c2ccccc2Cl)C(=O)/C(=C/c2ccccc2Cl)C1. The highest BCUT2D eigenvalue weighted by Gasteiger charge is 2.27. The molecule has 2 aromatic rings. The predicted molar refractivity (Wildman–Crippen MR) is 106 cm³/mol. The van der Waals surface area contributed by atoms with Crippen molar-refractivity contribution in [3.63, 3.8) is 0 Å². The fourth-order valence-corrected chi connectivity index (χ4v) is 3.20. The summed E-state index contributed by atoms with van der Waals surface area (Å²) < 4.78 is 0. The van der Waals surface area contributed by atoms with Crippen LogP contribution in [-0.2, 0) is 9.59 Å². The molecule has 1 aliphatic rings. The van der Waals surface area contributed by atoms with Crippen LogP contribution in [0.15, 0.2) is 59.7 Å². The molecule has 0 saturated carbocycles. The zero-order valence-corrected chi connectivity index (χ0v) is 15.7. The highest BCUT2D eigenvalue weighted by atomic mass is 35.5. The molecule has 0 radical (unpaired) electrons. The van der Waals surface area contributed by atoms with E-state index in [0.29, 0.717) is 21.2 Å². The number of nitrogens with zero attached hydrogens (tertiary/aromatic N) is 1. The molecule has 0 bridgehead atoms. The molecule has 26 heavy (non-hydrogen) atoms. The third-order valence-corrected chi connectivity index (χ3v) is 4.91. The van der Waals surface area contributed by atoms with Crippen LogP contribution in [-0.4, -0.2) is 29.7 Å². The summed E-state index contributed by atoms with van der Waals surface area (Å²) in [6.45, 7) is 2.02. The van der Waals surface area contributed by atoms with Crippen molar-refractivity contribution in [2.24, 2.45) is 0 Å². The second-order valence-electron chi connectivity index (χ2n) is 6.09. The summed E-state index contributed by atoms with van der Waals surface area (Å²) >= 11 is 12.4. The average Bonchev–Trinajstić information content (AvgIpc) is 2.61. The van der Waals surface area contributed by atoms with Crippen molar-refractivity contribution in [3.8, 4) is 0 Å². The van der Waals surface area contributed by atoms with E-state index in [9.17, 15) is 9.59 Å². The summed E-state index contributed by atoms with van der Waals surface area (Å²) in [7, 11) is 0. The molecule has 0 aliphatic carbocycles. The lowest BCUT2D eigenvalue weighted by Gasteiger charge is -2.29. The maximum Gasteiger partial charge on any atom is 0.220 e. The smallest absolute Gasteiger partial charge is 0.220 e. The summed E-state index contributed by atoms with van der Waals surface area (Å²) in [5.41, 5.74) is 2.55. The standard InChI is InChI=1S/C21H17Cl2NO2/c1-14(25)24-12-17(10-15-6-2-4-8-19(15)22)21(26)18(13-24)11-16-7-3-5-9-20(16)23/h2-11H,12-13H2,1H3/b17-10+,18-11+. The molecule has 0 atom stereocenters. The number of ketones is 1. The second kappa shape index (κ2) is 7.90. The molecular weight excluding hydrogens is 369 g/mol. The van der Waals surface area contributed by atoms with E-state index in [1.807, 2.05) is 36.4 Å². The number of piperidine rings is 1. The minimum absolute atomic E-state index is 0.0902. The van der Waals surface area contributed by atoms with Crippen LogP contribution in [0.4, 0.5) is 0 Å². The van der Waals surface area contributed by atoms with Crippen molar-refractivity contribution in [1.29, 1.82) is 0 Å². The molecule has 3 rings (SSSR count). The molecule has 1 amide bonds. The summed E-state index contributed by atoms with van der Waals surface area (Å²) in [4.78, 5) is 26.5. The fourth-order valence-electron chi connectivity index (χ4n) is 2.82. The van der Waals surface area contributed by atoms with E-state index in [-0.39, 0.29) is 24.8 Å². The first-order chi connectivity index (χ1) is 12.5. The van der Waals surface area contributed by atoms with Gasteiger partial charge in [0.15, 0.2) is 5.78 Å². The Morgan fingerprint density at radius 1 is 0.885 bits per heavy atom. The Labute approximate surface area is 162 Å². The number of Topliss-reactive ketones (excluding diaryl/α,β-unsaturated/α-hetero) is 1. The monoisotopic (exact) mass is 385 g/mol. The first-order valence-corrected chi connectivity index (χ1v) is 8.91. The Morgan fingerprint density at radius 3 is 1.69 bits per heavy atom. The largest absolute Gasteiger partial charge is 0.334 e. The Kier molecular flexibility index (Phi) is 5.60. The van der Waals surface area contributed by atoms with Crippen molar-refractivity contribution >= 4 is 47.0 Å². The number of amides is 1. The Morgan fingerprint density at radius 2 is 1.31 bits per heavy atom. The fraction of sp³-hybridized carbons (Fsp3) is 0.143. The van der Waals surface area contributed by atoms with E-state index in [1.165, 1.54) is 6.92 Å². The first-order valence-electron chi connectivity index (χ1n) is 8.16. The Bertz CT molecular complexity index is 864. The van der Waals surface area contributed by atoms with Gasteiger partial charge in [-0.3, -0.25) is 9.59 Å². The molecule has 1 fully saturated rings. The van der Waals surface area contributed by atoms with Crippen molar-refractivity contribution in [3.05, 3.63) is 80.8 Å². The normalized spacial score (nSPS) is 17.8. The lowest BCUT2D eigenvalue weighted by atomic mass is 9.94. The van der Waals surface area contributed by atoms with E-state index in [2.05, 4.69) is 0 Å². The van der Waals surface area contributed by atoms with E-state index in [0.717, 1.165) is 11.1 Å². The zero-order chi connectivity index (χ0) is 18.7. The predicted octanol–water partition coefficient (Wildman–Crippen LogP) is 4.89. The molecular formula is C21H17Cl2NO2. The van der Waals surface area contributed by atoms with Gasteiger partial charge in [0, 0.05) is 41.2 Å². The number of hydrogen-bond donors (Lipinski definition) is 0. The van der Waals surface area contributed by atoms with Gasteiger partial charge >= 0.3 is 0 Å². The number of carbonyl (C=O) groups excluding carboxylic acids is 2. The third kappa shape index (κ3) is 4.06. The number of hydrogen-bond acceptors (Lipinski definition) is 2. The molecule has 0 aromatic heterocycles. The van der Waals surface area contributed by atoms with E-state index in [4.69, 9.17) is 23.2 Å². The highest BCUT2D eigenvalue weighted by molar-refractivity contribution is 6.33. The minimum Gasteiger partial charge on any atom is -0.334 e. The summed E-state index contributed by atoms with van der Waals surface area (Å²) in [6.07, 6.45) is 3.50. The molecule has 2 aromatic carbocycles. The number of benzene rings is 2. The van der Waals surface area contributed by atoms with Crippen LogP contribution >= 0.6 is 23.2 Å². The van der Waals surface area contributed by atoms with Gasteiger partial charge in [0.05, 0.1) is 0 Å². The van der Waals surface area contributed by atoms with Gasteiger partial charge in [0.1, 0.15) is 0 Å². The van der Waals surface area contributed by atoms with Crippen molar-refractivity contribution in [2.75, 3.05) is 13.1 Å². The molecule has 5 heteroatoms. The lowest BCUT2D eigenvalue weighted by Crippen LogP contribution is -2.40. The van der Waals surface area contributed by atoms with Gasteiger partial charge in [-0.1, -0.05) is 59.6 Å². The van der Waals surface area contributed by atoms with Crippen LogP contribution in [0.5, 0.6) is 0 Å². The summed E-state index contributed by atoms with van der Waals surface area (Å²) in [6, 6.07) is 14.6. The molecule has 1 aliphatic heterocycles. The van der Waals surface area contributed by atoms with E-state index >= 15 is 0 Å². The average molecular weight is 386 g/mol. The molecule has 0 spiro atoms. The molecule has 1 saturated heterocycles. The lowest BCUT2D eigenvalue weighted by molar-refractivity contribution is -0.129. The molecule has 3 nitrogen and oxygen atoms in total. The molecule has 0 N–H and O–H groups in total. The van der Waals surface area contributed by atoms with Crippen LogP contribution in [0.25, 0.3) is 12.2 Å². The molecule has 1 heterocycles. The van der Waals surface area contributed by atoms with Crippen LogP contribution in [0.3, 0.4) is 0 Å². The zero-order valence-electron chi connectivity index (χ0n) is 14.2. The van der Waals surface area contributed by atoms with Gasteiger partial charge in [-0.05, 0) is 35.4 Å². The van der Waals surface area contributed by atoms with Gasteiger partial charge in [0.2, 0.25) is 5.91 Å². The Balaban J connectivity index is 2.04. The van der Waals surface area contributed by atoms with Gasteiger partial charge in [-0.25, -0.2) is 0 Å². The van der Waals surface area contributed by atoms with Crippen LogP contribution in [0, 0.1) is 0 Å². The van der Waals surface area contributed by atoms with Gasteiger partial charge in [0.25, 0.3) is 0 Å². The number of carbonyl (C=O) groups is 2. The summed E-state index contributed by atoms with van der Waals surface area (Å²) in [5.74, 6) is -0.185. The Hall–Kier alpha value is -2.36. The van der Waals surface area contributed by atoms with E-state index < -0.39 is 0 Å². The van der Waals surface area contributed by atoms with Crippen LogP contribution in [0.1, 0.15) is 18.1 Å². The maximum absolute atomic E-state index is 13.0. The first kappa shape index (κ1) is 18.4. The van der Waals surface area contributed by atoms with Crippen molar-refractivity contribution < 1.29 is 9.59 Å². The number of rotatable bonds is 2. The maximum atomic E-state index is 13.0. The minimum atomic E-state index is -0.0951. The summed E-state index contributed by atoms with van der Waals surface area (Å²) in [5, 5.41) is 1.12. The van der Waals surface area contributed by atoms with Gasteiger partial charge < -0.3 is 4.90 Å². The quantitative estimate of drug-likeness (QED) is 0.689. The van der Waals surface area contributed by atoms with Gasteiger partial charge in [-0.15, -0.1) is 0 Å². The number of likely N-dealkylation sites (tertiary alicyclic amines) is 1. The van der Waals surface area contributed by atoms with Crippen LogP contribution in [0.2, 0.25) is 10.0 Å². The third-order valence-electron chi connectivity index (χ3n) is 4.22. The highest BCUT2D eigenvalue weighted by Crippen LogP contribution is 2.26. The second-order valence-corrected chi connectivity index (χ2v) is 6.90. The number of halogens is 2. The topological polar surface area (TPSA) is 37.4 Å². The van der Waals surface area contributed by atoms with Crippen LogP contribution < -0.4 is 0 Å². The molecule has 132 valence electrons. The van der Waals surface area contributed by atoms with Crippen molar-refractivity contribution in [2.45, 2.75) is 6.92 Å². The van der Waals surface area contributed by atoms with Gasteiger partial charge in [-0.2, -0.15) is 0 Å². The molecule has 0 unspecified atom stereocenters.